The first kappa shape index (κ1) is 19.9. The van der Waals surface area contributed by atoms with E-state index in [2.05, 4.69) is 17.5 Å². The van der Waals surface area contributed by atoms with Gasteiger partial charge in [-0.3, -0.25) is 9.59 Å². The maximum Gasteiger partial charge on any atom is 0.226 e. The zero-order chi connectivity index (χ0) is 19.1. The highest BCUT2D eigenvalue weighted by molar-refractivity contribution is 6.30. The second kappa shape index (κ2) is 9.93. The van der Waals surface area contributed by atoms with Crippen molar-refractivity contribution < 1.29 is 9.59 Å². The molecule has 0 radical (unpaired) electrons. The van der Waals surface area contributed by atoms with Crippen molar-refractivity contribution in [3.8, 4) is 0 Å². The predicted molar refractivity (Wildman–Crippen MR) is 108 cm³/mol. The molecule has 0 bridgehead atoms. The standard InChI is InChI=1S/C22H29ClN2O2/c23-20-8-4-5-18(15-20)16-24-21(26)10-9-17-11-13-25(14-12-17)22(27)19-6-2-1-3-7-19/h1-2,4-5,8,15,17,19H,3,6-7,9-14,16H2,(H,24,26)/t19-/m0/s1. The van der Waals surface area contributed by atoms with Crippen molar-refractivity contribution in [3.05, 3.63) is 47.0 Å². The van der Waals surface area contributed by atoms with Gasteiger partial charge in [-0.15, -0.1) is 0 Å². The van der Waals surface area contributed by atoms with Gasteiger partial charge in [0.15, 0.2) is 0 Å². The summed E-state index contributed by atoms with van der Waals surface area (Å²) >= 11 is 5.96. The van der Waals surface area contributed by atoms with Crippen molar-refractivity contribution in [3.63, 3.8) is 0 Å². The molecule has 0 unspecified atom stereocenters. The Bertz CT molecular complexity index is 681. The molecule has 27 heavy (non-hydrogen) atoms. The first-order valence-corrected chi connectivity index (χ1v) is 10.4. The van der Waals surface area contributed by atoms with Crippen LogP contribution in [0.2, 0.25) is 5.02 Å². The minimum atomic E-state index is 0.0856. The maximum absolute atomic E-state index is 12.6. The topological polar surface area (TPSA) is 49.4 Å². The van der Waals surface area contributed by atoms with E-state index < -0.39 is 0 Å². The van der Waals surface area contributed by atoms with Gasteiger partial charge in [0, 0.05) is 37.0 Å². The van der Waals surface area contributed by atoms with Crippen molar-refractivity contribution in [1.29, 1.82) is 0 Å². The summed E-state index contributed by atoms with van der Waals surface area (Å²) in [6.45, 7) is 2.20. The van der Waals surface area contributed by atoms with Gasteiger partial charge in [-0.1, -0.05) is 35.9 Å². The average molecular weight is 389 g/mol. The molecule has 1 heterocycles. The third kappa shape index (κ3) is 6.10. The second-order valence-corrected chi connectivity index (χ2v) is 8.13. The van der Waals surface area contributed by atoms with Gasteiger partial charge < -0.3 is 10.2 Å². The van der Waals surface area contributed by atoms with Crippen LogP contribution in [0.15, 0.2) is 36.4 Å². The number of piperidine rings is 1. The van der Waals surface area contributed by atoms with E-state index in [-0.39, 0.29) is 11.8 Å². The van der Waals surface area contributed by atoms with E-state index in [4.69, 9.17) is 11.6 Å². The molecule has 1 saturated heterocycles. The summed E-state index contributed by atoms with van der Waals surface area (Å²) in [6, 6.07) is 7.55. The Hall–Kier alpha value is -1.81. The van der Waals surface area contributed by atoms with E-state index in [0.717, 1.165) is 57.2 Å². The van der Waals surface area contributed by atoms with E-state index in [9.17, 15) is 9.59 Å². The maximum atomic E-state index is 12.6. The number of hydrogen-bond acceptors (Lipinski definition) is 2. The van der Waals surface area contributed by atoms with Crippen LogP contribution < -0.4 is 5.32 Å². The lowest BCUT2D eigenvalue weighted by molar-refractivity contribution is -0.137. The summed E-state index contributed by atoms with van der Waals surface area (Å²) in [7, 11) is 0. The Kier molecular flexibility index (Phi) is 7.33. The molecule has 1 fully saturated rings. The summed E-state index contributed by atoms with van der Waals surface area (Å²) in [6.07, 6.45) is 10.7. The Labute approximate surface area is 167 Å². The third-order valence-corrected chi connectivity index (χ3v) is 5.94. The lowest BCUT2D eigenvalue weighted by Gasteiger charge is -2.34. The second-order valence-electron chi connectivity index (χ2n) is 7.70. The van der Waals surface area contributed by atoms with Crippen LogP contribution in [0.4, 0.5) is 0 Å². The molecule has 0 spiro atoms. The van der Waals surface area contributed by atoms with Crippen LogP contribution in [0.3, 0.4) is 0 Å². The van der Waals surface area contributed by atoms with Crippen molar-refractivity contribution >= 4 is 23.4 Å². The van der Waals surface area contributed by atoms with E-state index in [1.807, 2.05) is 29.2 Å². The number of nitrogens with one attached hydrogen (secondary N) is 1. The molecule has 1 aliphatic carbocycles. The Morgan fingerprint density at radius 3 is 2.67 bits per heavy atom. The highest BCUT2D eigenvalue weighted by Gasteiger charge is 2.28. The zero-order valence-corrected chi connectivity index (χ0v) is 16.6. The average Bonchev–Trinajstić information content (AvgIpc) is 2.71. The number of carbonyl (C=O) groups excluding carboxylic acids is 2. The smallest absolute Gasteiger partial charge is 0.226 e. The van der Waals surface area contributed by atoms with Gasteiger partial charge in [-0.25, -0.2) is 0 Å². The van der Waals surface area contributed by atoms with Crippen LogP contribution in [0, 0.1) is 11.8 Å². The van der Waals surface area contributed by atoms with Crippen molar-refractivity contribution in [2.75, 3.05) is 13.1 Å². The van der Waals surface area contributed by atoms with E-state index >= 15 is 0 Å². The lowest BCUT2D eigenvalue weighted by Crippen LogP contribution is -2.42. The van der Waals surface area contributed by atoms with Crippen LogP contribution in [0.1, 0.15) is 50.5 Å². The van der Waals surface area contributed by atoms with Crippen molar-refractivity contribution in [2.45, 2.75) is 51.5 Å². The fraction of sp³-hybridized carbons (Fsp3) is 0.545. The largest absolute Gasteiger partial charge is 0.352 e. The summed E-state index contributed by atoms with van der Waals surface area (Å²) in [4.78, 5) is 26.7. The van der Waals surface area contributed by atoms with E-state index in [1.165, 1.54) is 0 Å². The van der Waals surface area contributed by atoms with E-state index in [1.54, 1.807) is 0 Å². The minimum Gasteiger partial charge on any atom is -0.352 e. The molecule has 5 heteroatoms. The van der Waals surface area contributed by atoms with Gasteiger partial charge in [0.1, 0.15) is 0 Å². The lowest BCUT2D eigenvalue weighted by atomic mass is 9.89. The number of allylic oxidation sites excluding steroid dienone is 2. The number of benzene rings is 1. The van der Waals surface area contributed by atoms with Crippen LogP contribution in [0.25, 0.3) is 0 Å². The summed E-state index contributed by atoms with van der Waals surface area (Å²) < 4.78 is 0. The van der Waals surface area contributed by atoms with Gasteiger partial charge in [0.05, 0.1) is 0 Å². The molecule has 1 N–H and O–H groups in total. The Morgan fingerprint density at radius 1 is 1.15 bits per heavy atom. The predicted octanol–water partition coefficient (Wildman–Crippen LogP) is 4.33. The molecule has 2 amide bonds. The molecular formula is C22H29ClN2O2. The Morgan fingerprint density at radius 2 is 1.96 bits per heavy atom. The fourth-order valence-electron chi connectivity index (χ4n) is 3.99. The molecule has 0 aromatic heterocycles. The summed E-state index contributed by atoms with van der Waals surface area (Å²) in [5.74, 6) is 1.14. The van der Waals surface area contributed by atoms with E-state index in [0.29, 0.717) is 29.8 Å². The normalized spacial score (nSPS) is 20.5. The monoisotopic (exact) mass is 388 g/mol. The molecule has 1 atom stereocenters. The van der Waals surface area contributed by atoms with Gasteiger partial charge in [0.2, 0.25) is 11.8 Å². The molecule has 3 rings (SSSR count). The molecule has 0 saturated carbocycles. The van der Waals surface area contributed by atoms with Gasteiger partial charge in [0.25, 0.3) is 0 Å². The van der Waals surface area contributed by atoms with Crippen molar-refractivity contribution in [2.24, 2.45) is 11.8 Å². The third-order valence-electron chi connectivity index (χ3n) is 5.70. The molecular weight excluding hydrogens is 360 g/mol. The van der Waals surface area contributed by atoms with Gasteiger partial charge in [-0.05, 0) is 62.1 Å². The molecule has 2 aliphatic rings. The van der Waals surface area contributed by atoms with Crippen LogP contribution in [0.5, 0.6) is 0 Å². The first-order chi connectivity index (χ1) is 13.1. The molecule has 4 nitrogen and oxygen atoms in total. The highest BCUT2D eigenvalue weighted by atomic mass is 35.5. The number of nitrogens with zero attached hydrogens (tertiary/aromatic N) is 1. The summed E-state index contributed by atoms with van der Waals surface area (Å²) in [5.41, 5.74) is 1.01. The van der Waals surface area contributed by atoms with Crippen LogP contribution >= 0.6 is 11.6 Å². The number of likely N-dealkylation sites (tertiary alicyclic amines) is 1. The van der Waals surface area contributed by atoms with Crippen molar-refractivity contribution in [1.82, 2.24) is 10.2 Å². The number of carbonyl (C=O) groups is 2. The van der Waals surface area contributed by atoms with Crippen LogP contribution in [-0.4, -0.2) is 29.8 Å². The van der Waals surface area contributed by atoms with Crippen LogP contribution in [-0.2, 0) is 16.1 Å². The summed E-state index contributed by atoms with van der Waals surface area (Å²) in [5, 5.41) is 3.65. The number of rotatable bonds is 6. The first-order valence-electron chi connectivity index (χ1n) is 10.1. The fourth-order valence-corrected chi connectivity index (χ4v) is 4.20. The van der Waals surface area contributed by atoms with Gasteiger partial charge >= 0.3 is 0 Å². The Balaban J connectivity index is 1.33. The zero-order valence-electron chi connectivity index (χ0n) is 15.8. The number of amides is 2. The molecule has 146 valence electrons. The number of halogens is 1. The van der Waals surface area contributed by atoms with Gasteiger partial charge in [-0.2, -0.15) is 0 Å². The molecule has 1 aromatic rings. The minimum absolute atomic E-state index is 0.0856. The highest BCUT2D eigenvalue weighted by Crippen LogP contribution is 2.26. The SMILES string of the molecule is O=C(CCC1CCN(C(=O)[C@H]2CC=CCC2)CC1)NCc1cccc(Cl)c1. The quantitative estimate of drug-likeness (QED) is 0.737. The molecule has 1 aliphatic heterocycles. The number of hydrogen-bond donors (Lipinski definition) is 1. The molecule has 1 aromatic carbocycles.